The molecule has 0 fully saturated rings. The van der Waals surface area contributed by atoms with Crippen LogP contribution >= 0.6 is 0 Å². The number of hydrogen-bond donors (Lipinski definition) is 2. The van der Waals surface area contributed by atoms with Gasteiger partial charge in [0.2, 0.25) is 6.41 Å². The van der Waals surface area contributed by atoms with Gasteiger partial charge in [-0.2, -0.15) is 5.10 Å². The number of halogens is 1. The number of fused-ring (bicyclic) bond motifs is 1. The van der Waals surface area contributed by atoms with E-state index in [9.17, 15) is 9.18 Å². The van der Waals surface area contributed by atoms with Crippen LogP contribution in [0.3, 0.4) is 0 Å². The van der Waals surface area contributed by atoms with Crippen LogP contribution in [-0.4, -0.2) is 36.9 Å². The number of rotatable bonds is 7. The third kappa shape index (κ3) is 3.21. The zero-order chi connectivity index (χ0) is 16.9. The van der Waals surface area contributed by atoms with E-state index >= 15 is 0 Å². The molecule has 2 N–H and O–H groups in total. The number of carbonyl (C=O) groups excluding carboxylic acids is 1. The number of nitrogens with one attached hydrogen (secondary N) is 2. The number of H-pyrrole nitrogens is 1. The normalized spacial score (nSPS) is 10.8. The Kier molecular flexibility index (Phi) is 4.72. The monoisotopic (exact) mass is 329 g/mol. The summed E-state index contributed by atoms with van der Waals surface area (Å²) in [6.07, 6.45) is 0.604. The summed E-state index contributed by atoms with van der Waals surface area (Å²) in [6.45, 7) is 0.663. The minimum Gasteiger partial charge on any atom is -0.488 e. The molecule has 1 amide bonds. The number of hydrogen-bond acceptors (Lipinski definition) is 4. The molecule has 0 saturated carbocycles. The summed E-state index contributed by atoms with van der Waals surface area (Å²) >= 11 is 0. The maximum atomic E-state index is 14.2. The van der Waals surface area contributed by atoms with Crippen LogP contribution in [0.2, 0.25) is 0 Å². The first kappa shape index (κ1) is 15.9. The lowest BCUT2D eigenvalue weighted by Gasteiger charge is -2.08. The van der Waals surface area contributed by atoms with Crippen molar-refractivity contribution in [1.29, 1.82) is 0 Å². The molecular weight excluding hydrogens is 313 g/mol. The van der Waals surface area contributed by atoms with Gasteiger partial charge in [0.15, 0.2) is 11.6 Å². The van der Waals surface area contributed by atoms with Crippen molar-refractivity contribution in [3.63, 3.8) is 0 Å². The van der Waals surface area contributed by atoms with Gasteiger partial charge in [0.1, 0.15) is 12.3 Å². The van der Waals surface area contributed by atoms with Crippen LogP contribution in [0.1, 0.15) is 0 Å². The van der Waals surface area contributed by atoms with Crippen molar-refractivity contribution in [3.05, 3.63) is 42.2 Å². The quantitative estimate of drug-likeness (QED) is 0.516. The Bertz CT molecular complexity index is 863. The summed E-state index contributed by atoms with van der Waals surface area (Å²) in [5.41, 5.74) is 2.64. The first-order valence-corrected chi connectivity index (χ1v) is 7.33. The number of carbonyl (C=O) groups is 1. The topological polar surface area (TPSA) is 76.2 Å². The van der Waals surface area contributed by atoms with Crippen molar-refractivity contribution in [2.24, 2.45) is 0 Å². The fraction of sp³-hybridized carbons (Fsp3) is 0.176. The molecule has 0 aliphatic heterocycles. The Morgan fingerprint density at radius 2 is 2.12 bits per heavy atom. The average molecular weight is 329 g/mol. The van der Waals surface area contributed by atoms with E-state index in [1.54, 1.807) is 37.4 Å². The maximum Gasteiger partial charge on any atom is 0.211 e. The molecule has 1 heterocycles. The molecule has 24 heavy (non-hydrogen) atoms. The van der Waals surface area contributed by atoms with Gasteiger partial charge in [0.25, 0.3) is 0 Å². The molecule has 0 spiro atoms. The lowest BCUT2D eigenvalue weighted by atomic mass is 10.1. The number of anilines is 1. The third-order valence-corrected chi connectivity index (χ3v) is 3.54. The third-order valence-electron chi connectivity index (χ3n) is 3.54. The van der Waals surface area contributed by atoms with Crippen molar-refractivity contribution in [3.8, 4) is 17.0 Å². The van der Waals surface area contributed by atoms with Crippen molar-refractivity contribution >= 4 is 23.0 Å². The molecule has 1 aromatic heterocycles. The van der Waals surface area contributed by atoms with Gasteiger partial charge in [0, 0.05) is 23.7 Å². The molecule has 0 unspecified atom stereocenters. The number of aromatic amines is 1. The SMILES string of the molecule is COCCOc1ccc(-c2n[nH]c3ccc(NC=O)cc23)cc1F. The second kappa shape index (κ2) is 7.10. The smallest absolute Gasteiger partial charge is 0.211 e. The lowest BCUT2D eigenvalue weighted by molar-refractivity contribution is -0.105. The average Bonchev–Trinajstić information content (AvgIpc) is 3.00. The van der Waals surface area contributed by atoms with Gasteiger partial charge < -0.3 is 14.8 Å². The van der Waals surface area contributed by atoms with Crippen LogP contribution in [-0.2, 0) is 9.53 Å². The summed E-state index contributed by atoms with van der Waals surface area (Å²) in [5.74, 6) is -0.305. The molecule has 0 atom stereocenters. The molecule has 3 rings (SSSR count). The van der Waals surface area contributed by atoms with Crippen molar-refractivity contribution in [2.75, 3.05) is 25.6 Å². The Balaban J connectivity index is 1.93. The number of methoxy groups -OCH3 is 1. The van der Waals surface area contributed by atoms with E-state index in [0.29, 0.717) is 30.0 Å². The van der Waals surface area contributed by atoms with E-state index in [2.05, 4.69) is 15.5 Å². The number of ether oxygens (including phenoxy) is 2. The van der Waals surface area contributed by atoms with E-state index in [1.165, 1.54) is 6.07 Å². The number of aromatic nitrogens is 2. The first-order valence-electron chi connectivity index (χ1n) is 7.33. The molecule has 3 aromatic rings. The highest BCUT2D eigenvalue weighted by Crippen LogP contribution is 2.31. The van der Waals surface area contributed by atoms with Crippen LogP contribution in [0, 0.1) is 5.82 Å². The molecule has 7 heteroatoms. The number of amides is 1. The van der Waals surface area contributed by atoms with E-state index in [0.717, 1.165) is 10.9 Å². The Morgan fingerprint density at radius 1 is 1.25 bits per heavy atom. The summed E-state index contributed by atoms with van der Waals surface area (Å²) < 4.78 is 24.4. The van der Waals surface area contributed by atoms with E-state index in [1.807, 2.05) is 0 Å². The van der Waals surface area contributed by atoms with Gasteiger partial charge in [-0.3, -0.25) is 9.89 Å². The molecular formula is C17H16FN3O3. The summed E-state index contributed by atoms with van der Waals surface area (Å²) in [7, 11) is 1.55. The second-order valence-corrected chi connectivity index (χ2v) is 5.08. The lowest BCUT2D eigenvalue weighted by Crippen LogP contribution is -2.05. The Labute approximate surface area is 137 Å². The zero-order valence-corrected chi connectivity index (χ0v) is 13.0. The largest absolute Gasteiger partial charge is 0.488 e. The van der Waals surface area contributed by atoms with Crippen LogP contribution in [0.5, 0.6) is 5.75 Å². The van der Waals surface area contributed by atoms with Crippen LogP contribution in [0.4, 0.5) is 10.1 Å². The predicted octanol–water partition coefficient (Wildman–Crippen LogP) is 2.96. The first-order chi connectivity index (χ1) is 11.7. The second-order valence-electron chi connectivity index (χ2n) is 5.08. The van der Waals surface area contributed by atoms with Crippen molar-refractivity contribution in [2.45, 2.75) is 0 Å². The van der Waals surface area contributed by atoms with Crippen LogP contribution in [0.15, 0.2) is 36.4 Å². The van der Waals surface area contributed by atoms with Gasteiger partial charge in [-0.05, 0) is 36.4 Å². The molecule has 6 nitrogen and oxygen atoms in total. The van der Waals surface area contributed by atoms with Gasteiger partial charge in [-0.1, -0.05) is 0 Å². The summed E-state index contributed by atoms with van der Waals surface area (Å²) in [4.78, 5) is 10.6. The van der Waals surface area contributed by atoms with Gasteiger partial charge in [0.05, 0.1) is 12.1 Å². The minimum absolute atomic E-state index is 0.166. The Hall–Kier alpha value is -2.93. The van der Waals surface area contributed by atoms with Crippen LogP contribution in [0.25, 0.3) is 22.2 Å². The summed E-state index contributed by atoms with van der Waals surface area (Å²) in [5, 5.41) is 10.5. The Morgan fingerprint density at radius 3 is 2.88 bits per heavy atom. The standard InChI is InChI=1S/C17H16FN3O3/c1-23-6-7-24-16-5-2-11(8-14(16)18)17-13-9-12(19-10-22)3-4-15(13)20-21-17/h2-5,8-10H,6-7H2,1H3,(H,19,22)(H,20,21). The molecule has 0 saturated heterocycles. The molecule has 0 aliphatic rings. The summed E-state index contributed by atoms with van der Waals surface area (Å²) in [6, 6.07) is 10.0. The highest BCUT2D eigenvalue weighted by molar-refractivity contribution is 5.95. The van der Waals surface area contributed by atoms with Crippen LogP contribution < -0.4 is 10.1 Å². The number of benzene rings is 2. The highest BCUT2D eigenvalue weighted by atomic mass is 19.1. The highest BCUT2D eigenvalue weighted by Gasteiger charge is 2.12. The fourth-order valence-corrected chi connectivity index (χ4v) is 2.39. The van der Waals surface area contributed by atoms with E-state index < -0.39 is 5.82 Å². The molecule has 124 valence electrons. The van der Waals surface area contributed by atoms with Gasteiger partial charge in [-0.25, -0.2) is 4.39 Å². The molecule has 0 aliphatic carbocycles. The molecule has 0 bridgehead atoms. The minimum atomic E-state index is -0.470. The molecule has 2 aromatic carbocycles. The predicted molar refractivity (Wildman–Crippen MR) is 88.5 cm³/mol. The zero-order valence-electron chi connectivity index (χ0n) is 13.0. The van der Waals surface area contributed by atoms with Gasteiger partial charge >= 0.3 is 0 Å². The molecule has 0 radical (unpaired) electrons. The maximum absolute atomic E-state index is 14.2. The van der Waals surface area contributed by atoms with Gasteiger partial charge in [-0.15, -0.1) is 0 Å². The van der Waals surface area contributed by atoms with Crippen molar-refractivity contribution < 1.29 is 18.7 Å². The van der Waals surface area contributed by atoms with E-state index in [-0.39, 0.29) is 12.4 Å². The fourth-order valence-electron chi connectivity index (χ4n) is 2.39. The van der Waals surface area contributed by atoms with E-state index in [4.69, 9.17) is 9.47 Å². The van der Waals surface area contributed by atoms with Crippen molar-refractivity contribution in [1.82, 2.24) is 10.2 Å². The number of nitrogens with zero attached hydrogens (tertiary/aromatic N) is 1.